The van der Waals surface area contributed by atoms with Gasteiger partial charge in [0.05, 0.1) is 31.3 Å². The number of ether oxygens (including phenoxy) is 3. The minimum Gasteiger partial charge on any atom is -0.508 e. The van der Waals surface area contributed by atoms with Crippen LogP contribution in [0.1, 0.15) is 56.3 Å². The summed E-state index contributed by atoms with van der Waals surface area (Å²) in [6, 6.07) is 12.5. The molecule has 2 unspecified atom stereocenters. The zero-order valence-corrected chi connectivity index (χ0v) is 26.2. The van der Waals surface area contributed by atoms with Crippen molar-refractivity contribution in [2.75, 3.05) is 46.1 Å². The van der Waals surface area contributed by atoms with Crippen LogP contribution in [0, 0.1) is 0 Å². The number of amides is 1. The molecule has 0 spiro atoms. The van der Waals surface area contributed by atoms with E-state index in [9.17, 15) is 18.3 Å². The van der Waals surface area contributed by atoms with Crippen LogP contribution >= 0.6 is 0 Å². The summed E-state index contributed by atoms with van der Waals surface area (Å²) < 4.78 is 45.1. The number of piperidine rings is 1. The fourth-order valence-electron chi connectivity index (χ4n) is 5.80. The number of phenols is 1. The van der Waals surface area contributed by atoms with Crippen molar-refractivity contribution < 1.29 is 32.5 Å². The van der Waals surface area contributed by atoms with Crippen LogP contribution in [0.4, 0.5) is 4.79 Å². The Labute approximate surface area is 255 Å². The molecule has 2 aromatic carbocycles. The maximum absolute atomic E-state index is 13.2. The zero-order chi connectivity index (χ0) is 31.0. The van der Waals surface area contributed by atoms with Gasteiger partial charge in [-0.1, -0.05) is 24.3 Å². The Kier molecular flexibility index (Phi) is 11.4. The molecule has 1 saturated heterocycles. The second-order valence-corrected chi connectivity index (χ2v) is 13.9. The van der Waals surface area contributed by atoms with Gasteiger partial charge in [0.15, 0.2) is 0 Å². The second kappa shape index (κ2) is 14.8. The minimum absolute atomic E-state index is 0.0452. The van der Waals surface area contributed by atoms with Gasteiger partial charge in [0, 0.05) is 43.3 Å². The van der Waals surface area contributed by atoms with Gasteiger partial charge in [-0.2, -0.15) is 0 Å². The monoisotopic (exact) mass is 618 g/mol. The molecule has 1 aliphatic carbocycles. The van der Waals surface area contributed by atoms with Crippen LogP contribution in [-0.2, 0) is 37.1 Å². The number of sulfonamides is 1. The highest BCUT2D eigenvalue weighted by atomic mass is 32.2. The molecule has 0 bridgehead atoms. The highest BCUT2D eigenvalue weighted by Gasteiger charge is 2.38. The van der Waals surface area contributed by atoms with E-state index in [-0.39, 0.29) is 41.9 Å². The Morgan fingerprint density at radius 1 is 1.02 bits per heavy atom. The molecule has 2 aromatic rings. The van der Waals surface area contributed by atoms with Gasteiger partial charge in [0.1, 0.15) is 11.4 Å². The van der Waals surface area contributed by atoms with Crippen molar-refractivity contribution in [2.24, 2.45) is 5.73 Å². The first-order chi connectivity index (χ1) is 20.5. The summed E-state index contributed by atoms with van der Waals surface area (Å²) in [5.74, 6) is 0.0452. The molecule has 0 aromatic heterocycles. The van der Waals surface area contributed by atoms with Gasteiger partial charge < -0.3 is 30.4 Å². The molecule has 238 valence electrons. The number of nitrogens with two attached hydrogens (primary N) is 1. The van der Waals surface area contributed by atoms with Crippen molar-refractivity contribution in [1.29, 1.82) is 0 Å². The molecule has 43 heavy (non-hydrogen) atoms. The summed E-state index contributed by atoms with van der Waals surface area (Å²) in [6.45, 7) is 7.96. The van der Waals surface area contributed by atoms with Crippen LogP contribution in [0.25, 0.3) is 0 Å². The predicted octanol–water partition coefficient (Wildman–Crippen LogP) is 2.86. The average Bonchev–Trinajstić information content (AvgIpc) is 3.38. The van der Waals surface area contributed by atoms with E-state index in [4.69, 9.17) is 19.9 Å². The number of rotatable bonds is 13. The fourth-order valence-corrected chi connectivity index (χ4v) is 6.85. The smallest absolute Gasteiger partial charge is 0.407 e. The number of phenolic OH excluding ortho intramolecular Hbond substituents is 1. The van der Waals surface area contributed by atoms with Crippen molar-refractivity contribution in [2.45, 2.75) is 75.1 Å². The molecule has 2 aliphatic rings. The summed E-state index contributed by atoms with van der Waals surface area (Å²) in [5, 5.41) is 14.0. The van der Waals surface area contributed by atoms with Gasteiger partial charge in [0.2, 0.25) is 10.0 Å². The maximum atomic E-state index is 13.2. The van der Waals surface area contributed by atoms with Gasteiger partial charge in [0.25, 0.3) is 0 Å². The molecule has 1 fully saturated rings. The highest BCUT2D eigenvalue weighted by molar-refractivity contribution is 7.89. The molecule has 0 radical (unpaired) electrons. The van der Waals surface area contributed by atoms with Crippen LogP contribution in [-0.4, -0.2) is 88.3 Å². The van der Waals surface area contributed by atoms with E-state index in [1.54, 1.807) is 6.07 Å². The third-order valence-electron chi connectivity index (χ3n) is 7.68. The van der Waals surface area contributed by atoms with E-state index in [1.807, 2.05) is 32.9 Å². The molecular weight excluding hydrogens is 572 g/mol. The summed E-state index contributed by atoms with van der Waals surface area (Å²) in [6.07, 6.45) is 2.49. The van der Waals surface area contributed by atoms with Gasteiger partial charge in [-0.3, -0.25) is 4.90 Å². The van der Waals surface area contributed by atoms with Crippen LogP contribution in [0.5, 0.6) is 5.75 Å². The lowest BCUT2D eigenvalue weighted by molar-refractivity contribution is 0.0383. The Balaban J connectivity index is 1.48. The number of fused-ring (bicyclic) bond motifs is 1. The molecular formula is C31H46N4O7S. The number of nitrogens with one attached hydrogen (secondary N) is 2. The van der Waals surface area contributed by atoms with E-state index in [0.717, 1.165) is 12.8 Å². The van der Waals surface area contributed by atoms with Gasteiger partial charge in [-0.05, 0) is 75.8 Å². The van der Waals surface area contributed by atoms with Crippen molar-refractivity contribution >= 4 is 16.1 Å². The molecule has 1 aliphatic heterocycles. The number of carbonyl (C=O) groups is 1. The van der Waals surface area contributed by atoms with Crippen LogP contribution in [0.15, 0.2) is 47.4 Å². The van der Waals surface area contributed by atoms with Crippen LogP contribution < -0.4 is 15.8 Å². The van der Waals surface area contributed by atoms with Crippen LogP contribution in [0.3, 0.4) is 0 Å². The number of aromatic hydroxyl groups is 1. The molecule has 0 saturated carbocycles. The normalized spacial score (nSPS) is 19.7. The van der Waals surface area contributed by atoms with Gasteiger partial charge in [-0.25, -0.2) is 17.9 Å². The lowest BCUT2D eigenvalue weighted by Gasteiger charge is -2.43. The average molecular weight is 619 g/mol. The van der Waals surface area contributed by atoms with E-state index in [0.29, 0.717) is 51.3 Å². The number of likely N-dealkylation sites (tertiary alicyclic amines) is 1. The van der Waals surface area contributed by atoms with Crippen molar-refractivity contribution in [3.63, 3.8) is 0 Å². The van der Waals surface area contributed by atoms with Crippen molar-refractivity contribution in [3.05, 3.63) is 59.2 Å². The fraction of sp³-hybridized carbons (Fsp3) is 0.581. The largest absolute Gasteiger partial charge is 0.508 e. The molecule has 1 amide bonds. The number of carbonyl (C=O) groups excluding carboxylic acids is 1. The van der Waals surface area contributed by atoms with Gasteiger partial charge >= 0.3 is 6.09 Å². The summed E-state index contributed by atoms with van der Waals surface area (Å²) >= 11 is 0. The Morgan fingerprint density at radius 3 is 2.35 bits per heavy atom. The lowest BCUT2D eigenvalue weighted by atomic mass is 9.90. The number of hydrogen-bond donors (Lipinski definition) is 4. The quantitative estimate of drug-likeness (QED) is 0.248. The standard InChI is InChI=1S/C31H46N4O7S/c1-31(2,3)42-30(37)34-24-8-10-28(35(21-24)25-18-22-6-4-5-7-23(22)19-25)27-20-26(9-11-29(27)36)43(38,39)33-13-15-41-17-16-40-14-12-32/h4-7,9,11,20,24-25,28,33,36H,8,10,12-19,21,32H2,1-3H3,(H,34,37). The number of benzene rings is 2. The Hall–Kier alpha value is -2.74. The van der Waals surface area contributed by atoms with Crippen molar-refractivity contribution in [3.8, 4) is 5.75 Å². The Morgan fingerprint density at radius 2 is 1.70 bits per heavy atom. The molecule has 4 rings (SSSR count). The summed E-state index contributed by atoms with van der Waals surface area (Å²) in [7, 11) is -3.84. The molecule has 11 nitrogen and oxygen atoms in total. The molecule has 2 atom stereocenters. The summed E-state index contributed by atoms with van der Waals surface area (Å²) in [4.78, 5) is 15.0. The molecule has 12 heteroatoms. The van der Waals surface area contributed by atoms with E-state index < -0.39 is 21.7 Å². The van der Waals surface area contributed by atoms with E-state index in [2.05, 4.69) is 27.1 Å². The van der Waals surface area contributed by atoms with Crippen LogP contribution in [0.2, 0.25) is 0 Å². The predicted molar refractivity (Wildman–Crippen MR) is 163 cm³/mol. The maximum Gasteiger partial charge on any atom is 0.407 e. The highest BCUT2D eigenvalue weighted by Crippen LogP contribution is 2.41. The molecule has 1 heterocycles. The van der Waals surface area contributed by atoms with E-state index >= 15 is 0 Å². The van der Waals surface area contributed by atoms with Gasteiger partial charge in [-0.15, -0.1) is 0 Å². The number of hydrogen-bond acceptors (Lipinski definition) is 9. The lowest BCUT2D eigenvalue weighted by Crippen LogP contribution is -2.53. The third-order valence-corrected chi connectivity index (χ3v) is 9.14. The second-order valence-electron chi connectivity index (χ2n) is 12.1. The van der Waals surface area contributed by atoms with E-state index in [1.165, 1.54) is 23.3 Å². The topological polar surface area (TPSA) is 152 Å². The number of nitrogens with zero attached hydrogens (tertiary/aromatic N) is 1. The first kappa shape index (κ1) is 33.2. The number of alkyl carbamates (subject to hydrolysis) is 1. The van der Waals surface area contributed by atoms with Crippen molar-refractivity contribution in [1.82, 2.24) is 14.9 Å². The summed E-state index contributed by atoms with van der Waals surface area (Å²) in [5.41, 5.74) is 7.90. The molecule has 5 N–H and O–H groups in total. The first-order valence-corrected chi connectivity index (χ1v) is 16.5. The minimum atomic E-state index is -3.84. The third kappa shape index (κ3) is 9.37. The first-order valence-electron chi connectivity index (χ1n) is 15.0. The zero-order valence-electron chi connectivity index (χ0n) is 25.4. The SMILES string of the molecule is CC(C)(C)OC(=O)NC1CCC(c2cc(S(=O)(=O)NCCOCCOCCN)ccc2O)N(C2Cc3ccccc3C2)C1. The Bertz CT molecular complexity index is 1310.